The molecule has 1 amide bonds. The van der Waals surface area contributed by atoms with Crippen molar-refractivity contribution in [1.82, 2.24) is 8.87 Å². The van der Waals surface area contributed by atoms with E-state index in [1.54, 1.807) is 14.2 Å². The molecular formula is C22H25N3O4S2. The Hall–Kier alpha value is -2.49. The minimum absolute atomic E-state index is 0.0826. The van der Waals surface area contributed by atoms with Crippen LogP contribution in [0.15, 0.2) is 46.3 Å². The summed E-state index contributed by atoms with van der Waals surface area (Å²) in [5.41, 5.74) is 2.36. The number of amides is 1. The predicted molar refractivity (Wildman–Crippen MR) is 121 cm³/mol. The summed E-state index contributed by atoms with van der Waals surface area (Å²) in [6.45, 7) is 4.64. The molecule has 4 rings (SSSR count). The SMILES string of the molecule is CCn1c(=NC(=O)c2ccc(S(=O)(=O)N(C)C3CC3)cc2)sc2c(C)ccc(OC)c21. The molecule has 9 heteroatoms. The zero-order chi connectivity index (χ0) is 22.3. The van der Waals surface area contributed by atoms with Gasteiger partial charge in [-0.15, -0.1) is 0 Å². The summed E-state index contributed by atoms with van der Waals surface area (Å²) in [4.78, 5) is 18.0. The predicted octanol–water partition coefficient (Wildman–Crippen LogP) is 3.56. The first-order valence-electron chi connectivity index (χ1n) is 10.1. The van der Waals surface area contributed by atoms with Gasteiger partial charge in [0.05, 0.1) is 16.7 Å². The number of carbonyl (C=O) groups is 1. The van der Waals surface area contributed by atoms with Crippen LogP contribution < -0.4 is 9.54 Å². The molecule has 3 aromatic rings. The van der Waals surface area contributed by atoms with E-state index in [2.05, 4.69) is 4.99 Å². The monoisotopic (exact) mass is 459 g/mol. The molecule has 1 fully saturated rings. The first kappa shape index (κ1) is 21.7. The van der Waals surface area contributed by atoms with Gasteiger partial charge in [0.2, 0.25) is 10.0 Å². The largest absolute Gasteiger partial charge is 0.495 e. The molecule has 0 radical (unpaired) electrons. The van der Waals surface area contributed by atoms with E-state index in [9.17, 15) is 13.2 Å². The third kappa shape index (κ3) is 3.93. The van der Waals surface area contributed by atoms with E-state index < -0.39 is 15.9 Å². The first-order valence-corrected chi connectivity index (χ1v) is 12.4. The molecule has 1 aliphatic rings. The van der Waals surface area contributed by atoms with E-state index >= 15 is 0 Å². The topological polar surface area (TPSA) is 81.0 Å². The minimum atomic E-state index is -3.54. The fourth-order valence-corrected chi connectivity index (χ4v) is 6.14. The van der Waals surface area contributed by atoms with Gasteiger partial charge in [-0.25, -0.2) is 8.42 Å². The maximum Gasteiger partial charge on any atom is 0.279 e. The van der Waals surface area contributed by atoms with Crippen molar-refractivity contribution in [3.8, 4) is 5.75 Å². The van der Waals surface area contributed by atoms with Gasteiger partial charge in [-0.1, -0.05) is 17.4 Å². The molecule has 0 bridgehead atoms. The maximum absolute atomic E-state index is 12.8. The van der Waals surface area contributed by atoms with Crippen LogP contribution in [-0.4, -0.2) is 43.4 Å². The molecule has 7 nitrogen and oxygen atoms in total. The molecule has 1 aromatic heterocycles. The number of sulfonamides is 1. The summed E-state index contributed by atoms with van der Waals surface area (Å²) in [5, 5.41) is 0. The summed E-state index contributed by atoms with van der Waals surface area (Å²) < 4.78 is 35.2. The van der Waals surface area contributed by atoms with Crippen molar-refractivity contribution in [3.05, 3.63) is 52.3 Å². The van der Waals surface area contributed by atoms with Gasteiger partial charge < -0.3 is 9.30 Å². The number of methoxy groups -OCH3 is 1. The van der Waals surface area contributed by atoms with Gasteiger partial charge in [0.25, 0.3) is 5.91 Å². The Morgan fingerprint density at radius 3 is 2.48 bits per heavy atom. The normalized spacial score (nSPS) is 15.1. The third-order valence-corrected chi connectivity index (χ3v) is 8.70. The van der Waals surface area contributed by atoms with Crippen LogP contribution in [0.2, 0.25) is 0 Å². The molecule has 164 valence electrons. The molecule has 0 spiro atoms. The average Bonchev–Trinajstić information content (AvgIpc) is 3.55. The summed E-state index contributed by atoms with van der Waals surface area (Å²) in [5.74, 6) is 0.326. The van der Waals surface area contributed by atoms with Crippen LogP contribution >= 0.6 is 11.3 Å². The number of nitrogens with zero attached hydrogens (tertiary/aromatic N) is 3. The average molecular weight is 460 g/mol. The van der Waals surface area contributed by atoms with E-state index in [0.29, 0.717) is 16.9 Å². The van der Waals surface area contributed by atoms with Crippen molar-refractivity contribution in [2.75, 3.05) is 14.2 Å². The molecule has 0 aliphatic heterocycles. The number of ether oxygens (including phenoxy) is 1. The van der Waals surface area contributed by atoms with Crippen molar-refractivity contribution in [3.63, 3.8) is 0 Å². The van der Waals surface area contributed by atoms with Crippen molar-refractivity contribution >= 4 is 37.5 Å². The quantitative estimate of drug-likeness (QED) is 0.564. The number of fused-ring (bicyclic) bond motifs is 1. The number of thiazole rings is 1. The van der Waals surface area contributed by atoms with Crippen LogP contribution in [0.1, 0.15) is 35.7 Å². The number of rotatable bonds is 6. The summed E-state index contributed by atoms with van der Waals surface area (Å²) in [6, 6.07) is 9.98. The van der Waals surface area contributed by atoms with E-state index in [-0.39, 0.29) is 10.9 Å². The Labute approximate surface area is 185 Å². The van der Waals surface area contributed by atoms with Gasteiger partial charge in [0.15, 0.2) is 4.80 Å². The van der Waals surface area contributed by atoms with Crippen LogP contribution in [0.25, 0.3) is 10.2 Å². The van der Waals surface area contributed by atoms with Crippen molar-refractivity contribution in [2.24, 2.45) is 4.99 Å². The third-order valence-electron chi connectivity index (χ3n) is 5.56. The highest BCUT2D eigenvalue weighted by Gasteiger charge is 2.35. The highest BCUT2D eigenvalue weighted by atomic mass is 32.2. The van der Waals surface area contributed by atoms with Crippen LogP contribution in [0.5, 0.6) is 5.75 Å². The molecular weight excluding hydrogens is 434 g/mol. The number of hydrogen-bond donors (Lipinski definition) is 0. The van der Waals surface area contributed by atoms with Crippen molar-refractivity contribution in [2.45, 2.75) is 44.2 Å². The molecule has 2 aromatic carbocycles. The minimum Gasteiger partial charge on any atom is -0.495 e. The van der Waals surface area contributed by atoms with Crippen molar-refractivity contribution < 1.29 is 17.9 Å². The van der Waals surface area contributed by atoms with Gasteiger partial charge in [-0.2, -0.15) is 9.30 Å². The van der Waals surface area contributed by atoms with Gasteiger partial charge >= 0.3 is 0 Å². The molecule has 0 saturated heterocycles. The maximum atomic E-state index is 12.8. The molecule has 0 N–H and O–H groups in total. The van der Waals surface area contributed by atoms with Gasteiger partial charge in [0, 0.05) is 25.2 Å². The molecule has 0 unspecified atom stereocenters. The van der Waals surface area contributed by atoms with E-state index in [1.165, 1.54) is 39.9 Å². The first-order chi connectivity index (χ1) is 14.8. The Bertz CT molecular complexity index is 1320. The Morgan fingerprint density at radius 1 is 1.23 bits per heavy atom. The molecule has 1 saturated carbocycles. The highest BCUT2D eigenvalue weighted by molar-refractivity contribution is 7.89. The zero-order valence-corrected chi connectivity index (χ0v) is 19.6. The van der Waals surface area contributed by atoms with Crippen LogP contribution in [0.3, 0.4) is 0 Å². The molecule has 1 aliphatic carbocycles. The fraction of sp³-hybridized carbons (Fsp3) is 0.364. The lowest BCUT2D eigenvalue weighted by atomic mass is 10.2. The lowest BCUT2D eigenvalue weighted by Gasteiger charge is -2.16. The number of carbonyl (C=O) groups excluding carboxylic acids is 1. The fourth-order valence-electron chi connectivity index (χ4n) is 3.54. The molecule has 31 heavy (non-hydrogen) atoms. The Morgan fingerprint density at radius 2 is 1.90 bits per heavy atom. The lowest BCUT2D eigenvalue weighted by Crippen LogP contribution is -2.28. The second-order valence-corrected chi connectivity index (χ2v) is 10.6. The number of hydrogen-bond acceptors (Lipinski definition) is 5. The number of aryl methyl sites for hydroxylation is 2. The van der Waals surface area contributed by atoms with Crippen LogP contribution in [0, 0.1) is 6.92 Å². The van der Waals surface area contributed by atoms with Crippen LogP contribution in [-0.2, 0) is 16.6 Å². The van der Waals surface area contributed by atoms with Gasteiger partial charge in [-0.05, 0) is 62.6 Å². The highest BCUT2D eigenvalue weighted by Crippen LogP contribution is 2.31. The van der Waals surface area contributed by atoms with E-state index in [1.807, 2.05) is 30.5 Å². The van der Waals surface area contributed by atoms with E-state index in [0.717, 1.165) is 34.4 Å². The second kappa shape index (κ2) is 8.22. The number of benzene rings is 2. The summed E-state index contributed by atoms with van der Waals surface area (Å²) in [6.07, 6.45) is 1.78. The zero-order valence-electron chi connectivity index (χ0n) is 18.0. The van der Waals surface area contributed by atoms with E-state index in [4.69, 9.17) is 4.74 Å². The summed E-state index contributed by atoms with van der Waals surface area (Å²) >= 11 is 1.44. The Balaban J connectivity index is 1.71. The van der Waals surface area contributed by atoms with Crippen molar-refractivity contribution in [1.29, 1.82) is 0 Å². The smallest absolute Gasteiger partial charge is 0.279 e. The standard InChI is InChI=1S/C22H25N3O4S2/c1-5-25-19-18(29-4)13-6-14(2)20(19)30-22(25)23-21(26)15-7-11-17(12-8-15)31(27,28)24(3)16-9-10-16/h6-8,11-13,16H,5,9-10H2,1-4H3. The molecule has 1 heterocycles. The second-order valence-electron chi connectivity index (χ2n) is 7.59. The van der Waals surface area contributed by atoms with Crippen LogP contribution in [0.4, 0.5) is 0 Å². The van der Waals surface area contributed by atoms with Gasteiger partial charge in [-0.3, -0.25) is 4.79 Å². The Kier molecular flexibility index (Phi) is 5.76. The lowest BCUT2D eigenvalue weighted by molar-refractivity contribution is 0.0997. The van der Waals surface area contributed by atoms with Gasteiger partial charge in [0.1, 0.15) is 11.3 Å². The summed E-state index contributed by atoms with van der Waals surface area (Å²) in [7, 11) is -0.317. The molecule has 0 atom stereocenters. The number of aromatic nitrogens is 1.